The van der Waals surface area contributed by atoms with Crippen molar-refractivity contribution in [3.8, 4) is 0 Å². The van der Waals surface area contributed by atoms with Gasteiger partial charge in [-0.15, -0.1) is 0 Å². The molecule has 3 saturated carbocycles. The third kappa shape index (κ3) is 10.5. The van der Waals surface area contributed by atoms with Crippen molar-refractivity contribution in [1.29, 1.82) is 0 Å². The smallest absolute Gasteiger partial charge is 0.304 e. The van der Waals surface area contributed by atoms with Crippen molar-refractivity contribution >= 4 is 59.5 Å². The number of anilines is 1. The second kappa shape index (κ2) is 20.5. The molecule has 2 aromatic rings. The molecule has 2 unspecified atom stereocenters. The lowest BCUT2D eigenvalue weighted by atomic mass is 9.45. The molecule has 4 aliphatic rings. The molecular weight excluding hydrogens is 895 g/mol. The van der Waals surface area contributed by atoms with Crippen molar-refractivity contribution in [2.24, 2.45) is 28.6 Å². The quantitative estimate of drug-likeness (QED) is 0.0773. The Morgan fingerprint density at radius 2 is 1.63 bits per heavy atom. The summed E-state index contributed by atoms with van der Waals surface area (Å²) in [6.45, 7) is 5.14. The SMILES string of the molecule is C[C@H](NC(=O)CCNC(=O)C(S)CC(=O)O)C(=O)N[C@@H](C)C(=O)Nc1cccc(Cc2ccc([C@@H](O)O[C@@H]3CC4[C@@H]5C[C@H](F)C6=CC(=O)C=C[C@]6(C)[C@@]5(F)[C@@H](O)C[C@]4(C)[C@H]3C(=O)CO)cc2)c1. The normalized spacial score (nSPS) is 30.2. The van der Waals surface area contributed by atoms with E-state index in [1.54, 1.807) is 49.4 Å². The van der Waals surface area contributed by atoms with E-state index in [0.717, 1.165) is 17.2 Å². The number of carboxylic acids is 1. The second-order valence-corrected chi connectivity index (χ2v) is 19.2. The largest absolute Gasteiger partial charge is 0.481 e. The fourth-order valence-corrected chi connectivity index (χ4v) is 11.0. The van der Waals surface area contributed by atoms with Crippen LogP contribution in [0.15, 0.2) is 72.3 Å². The third-order valence-electron chi connectivity index (χ3n) is 14.2. The number of thiol groups is 1. The maximum Gasteiger partial charge on any atom is 0.304 e. The Kier molecular flexibility index (Phi) is 15.6. The first kappa shape index (κ1) is 51.1. The number of carbonyl (C=O) groups excluding carboxylic acids is 6. The van der Waals surface area contributed by atoms with Gasteiger partial charge < -0.3 is 46.4 Å². The fourth-order valence-electron chi connectivity index (χ4n) is 10.8. The first-order chi connectivity index (χ1) is 31.5. The Hall–Kier alpha value is -5.34. The van der Waals surface area contributed by atoms with Crippen LogP contribution in [-0.2, 0) is 44.7 Å². The number of allylic oxidation sites excluding steroid dienone is 4. The maximum absolute atomic E-state index is 17.7. The number of ether oxygens (including phenoxy) is 1. The first-order valence-corrected chi connectivity index (χ1v) is 22.7. The maximum atomic E-state index is 17.7. The number of nitrogens with one attached hydrogen (secondary N) is 4. The number of fused-ring (bicyclic) bond motifs is 5. The van der Waals surface area contributed by atoms with Gasteiger partial charge in [0.15, 0.2) is 23.5 Å². The summed E-state index contributed by atoms with van der Waals surface area (Å²) in [5, 5.41) is 50.9. The summed E-state index contributed by atoms with van der Waals surface area (Å²) < 4.78 is 39.8. The monoisotopic (exact) mass is 952 g/mol. The van der Waals surface area contributed by atoms with Crippen LogP contribution >= 0.6 is 12.6 Å². The van der Waals surface area contributed by atoms with Crippen LogP contribution in [0.5, 0.6) is 0 Å². The molecule has 16 nitrogen and oxygen atoms in total. The molecule has 13 atom stereocenters. The van der Waals surface area contributed by atoms with Gasteiger partial charge in [0.2, 0.25) is 23.6 Å². The van der Waals surface area contributed by atoms with E-state index in [4.69, 9.17) is 9.84 Å². The molecular formula is C48H58F2N4O12S. The zero-order valence-corrected chi connectivity index (χ0v) is 38.4. The van der Waals surface area contributed by atoms with Gasteiger partial charge in [0.25, 0.3) is 0 Å². The summed E-state index contributed by atoms with van der Waals surface area (Å²) in [6.07, 6.45) is -2.99. The minimum atomic E-state index is -2.38. The molecule has 8 N–H and O–H groups in total. The molecule has 0 heterocycles. The standard InChI is InChI=1S/C48H58F2N4O12S/c1-24(52-39(59)13-15-51-44(64)37(67)21-40(60)61)42(62)53-25(2)43(63)54-29-7-5-6-27(17-29)16-26-8-10-28(11-9-26)45(65)66-36-20-31-32-19-34(49)33-18-30(56)12-14-47(33,4)48(32,50)38(58)22-46(31,3)41(36)35(57)23-55/h5-12,14,17-18,24-25,31-32,34,36-38,41,45,55,58,65,67H,13,15-16,19-23H2,1-4H3,(H,51,64)(H,52,59)(H,53,62)(H,54,63)(H,60,61)/t24-,25-,31?,32-,34-,36+,37?,38-,41-,45-,46-,47-,48-/m0/s1. The number of hydrogen-bond donors (Lipinski definition) is 9. The van der Waals surface area contributed by atoms with Crippen LogP contribution < -0.4 is 21.3 Å². The molecule has 362 valence electrons. The highest BCUT2D eigenvalue weighted by atomic mass is 32.1. The van der Waals surface area contributed by atoms with E-state index in [0.29, 0.717) is 17.7 Å². The number of ketones is 2. The molecule has 0 aromatic heterocycles. The zero-order valence-electron chi connectivity index (χ0n) is 37.5. The van der Waals surface area contributed by atoms with Crippen LogP contribution in [0.1, 0.15) is 82.8 Å². The Labute approximate surface area is 391 Å². The number of Topliss-reactive ketones (excluding diaryl/α,β-unsaturated/α-hetero) is 1. The van der Waals surface area contributed by atoms with Gasteiger partial charge in [-0.2, -0.15) is 12.6 Å². The summed E-state index contributed by atoms with van der Waals surface area (Å²) in [5.74, 6) is -7.45. The number of amides is 4. The molecule has 0 saturated heterocycles. The Morgan fingerprint density at radius 3 is 2.30 bits per heavy atom. The van der Waals surface area contributed by atoms with Gasteiger partial charge >= 0.3 is 5.97 Å². The van der Waals surface area contributed by atoms with Crippen molar-refractivity contribution in [2.45, 2.75) is 114 Å². The van der Waals surface area contributed by atoms with E-state index in [9.17, 15) is 48.9 Å². The van der Waals surface area contributed by atoms with E-state index < -0.39 is 130 Å². The molecule has 19 heteroatoms. The number of hydrogen-bond acceptors (Lipinski definition) is 12. The second-order valence-electron chi connectivity index (χ2n) is 18.6. The lowest BCUT2D eigenvalue weighted by Gasteiger charge is -2.62. The summed E-state index contributed by atoms with van der Waals surface area (Å²) >= 11 is 3.91. The minimum absolute atomic E-state index is 0.0234. The summed E-state index contributed by atoms with van der Waals surface area (Å²) in [7, 11) is 0. The lowest BCUT2D eigenvalue weighted by Crippen LogP contribution is -2.68. The fraction of sp³-hybridized carbons (Fsp3) is 0.521. The highest BCUT2D eigenvalue weighted by Gasteiger charge is 2.73. The van der Waals surface area contributed by atoms with Crippen LogP contribution in [0, 0.1) is 28.6 Å². The highest BCUT2D eigenvalue weighted by molar-refractivity contribution is 7.81. The van der Waals surface area contributed by atoms with Crippen molar-refractivity contribution < 1.29 is 67.5 Å². The van der Waals surface area contributed by atoms with Crippen molar-refractivity contribution in [3.63, 3.8) is 0 Å². The number of benzene rings is 2. The molecule has 0 bridgehead atoms. The topological polar surface area (TPSA) is 258 Å². The molecule has 0 spiro atoms. The molecule has 0 radical (unpaired) electrons. The van der Waals surface area contributed by atoms with Gasteiger partial charge in [-0.3, -0.25) is 33.6 Å². The van der Waals surface area contributed by atoms with Gasteiger partial charge in [-0.05, 0) is 98.8 Å². The van der Waals surface area contributed by atoms with E-state index in [-0.39, 0.29) is 37.8 Å². The molecule has 2 aromatic carbocycles. The third-order valence-corrected chi connectivity index (χ3v) is 14.6. The average Bonchev–Trinajstić information content (AvgIpc) is 3.55. The number of aliphatic carboxylic acids is 1. The van der Waals surface area contributed by atoms with Crippen molar-refractivity contribution in [3.05, 3.63) is 89.0 Å². The summed E-state index contributed by atoms with van der Waals surface area (Å²) in [6, 6.07) is 11.8. The molecule has 3 fully saturated rings. The van der Waals surface area contributed by atoms with E-state index >= 15 is 8.78 Å². The Balaban J connectivity index is 1.03. The predicted octanol–water partition coefficient (Wildman–Crippen LogP) is 2.99. The van der Waals surface area contributed by atoms with Crippen LogP contribution in [0.3, 0.4) is 0 Å². The highest BCUT2D eigenvalue weighted by Crippen LogP contribution is 2.69. The number of rotatable bonds is 18. The summed E-state index contributed by atoms with van der Waals surface area (Å²) in [5.41, 5.74) is -2.72. The van der Waals surface area contributed by atoms with Gasteiger partial charge in [0.1, 0.15) is 24.9 Å². The van der Waals surface area contributed by atoms with Crippen LogP contribution in [0.4, 0.5) is 14.5 Å². The lowest BCUT2D eigenvalue weighted by molar-refractivity contribution is -0.203. The van der Waals surface area contributed by atoms with Crippen molar-refractivity contribution in [2.75, 3.05) is 18.5 Å². The Morgan fingerprint density at radius 1 is 0.940 bits per heavy atom. The van der Waals surface area contributed by atoms with Crippen LogP contribution in [0.2, 0.25) is 0 Å². The van der Waals surface area contributed by atoms with Crippen LogP contribution in [-0.4, -0.2) is 116 Å². The molecule has 67 heavy (non-hydrogen) atoms. The average molecular weight is 953 g/mol. The minimum Gasteiger partial charge on any atom is -0.481 e. The number of carbonyl (C=O) groups is 7. The number of aliphatic hydroxyl groups is 3. The van der Waals surface area contributed by atoms with E-state index in [1.165, 1.54) is 32.9 Å². The molecule has 4 aliphatic carbocycles. The van der Waals surface area contributed by atoms with Gasteiger partial charge in [-0.1, -0.05) is 49.4 Å². The number of carboxylic acid groups (broad SMARTS) is 1. The molecule has 0 aliphatic heterocycles. The van der Waals surface area contributed by atoms with Gasteiger partial charge in [0.05, 0.1) is 29.8 Å². The van der Waals surface area contributed by atoms with Gasteiger partial charge in [0, 0.05) is 35.5 Å². The first-order valence-electron chi connectivity index (χ1n) is 22.2. The zero-order chi connectivity index (χ0) is 49.2. The Bertz CT molecular complexity index is 2330. The van der Waals surface area contributed by atoms with Crippen LogP contribution in [0.25, 0.3) is 0 Å². The molecule has 6 rings (SSSR count). The summed E-state index contributed by atoms with van der Waals surface area (Å²) in [4.78, 5) is 86.4. The molecule has 4 amide bonds. The number of halogens is 2. The van der Waals surface area contributed by atoms with Gasteiger partial charge in [-0.25, -0.2) is 8.78 Å². The van der Waals surface area contributed by atoms with E-state index in [1.807, 2.05) is 6.07 Å². The van der Waals surface area contributed by atoms with Crippen molar-refractivity contribution in [1.82, 2.24) is 16.0 Å². The predicted molar refractivity (Wildman–Crippen MR) is 242 cm³/mol. The van der Waals surface area contributed by atoms with E-state index in [2.05, 4.69) is 33.9 Å². The number of aliphatic hydroxyl groups excluding tert-OH is 3. The number of alkyl halides is 2.